The summed E-state index contributed by atoms with van der Waals surface area (Å²) in [5, 5.41) is 0.900. The number of pyridine rings is 2. The number of benzene rings is 1. The lowest BCUT2D eigenvalue weighted by molar-refractivity contribution is -0.141. The summed E-state index contributed by atoms with van der Waals surface area (Å²) in [6.45, 7) is 0.679. The van der Waals surface area contributed by atoms with Crippen molar-refractivity contribution >= 4 is 34.2 Å². The third kappa shape index (κ3) is 3.21. The second kappa shape index (κ2) is 7.21. The lowest BCUT2D eigenvalue weighted by Gasteiger charge is -2.24. The molecule has 1 amide bonds. The minimum absolute atomic E-state index is 0.0155. The first-order valence-electron chi connectivity index (χ1n) is 9.61. The average Bonchev–Trinajstić information content (AvgIpc) is 3.39. The van der Waals surface area contributed by atoms with Gasteiger partial charge in [-0.3, -0.25) is 4.79 Å². The van der Waals surface area contributed by atoms with Gasteiger partial charge in [-0.15, -0.1) is 0 Å². The van der Waals surface area contributed by atoms with Crippen LogP contribution in [0.15, 0.2) is 24.3 Å². The van der Waals surface area contributed by atoms with Crippen LogP contribution in [-0.4, -0.2) is 34.4 Å². The van der Waals surface area contributed by atoms with Gasteiger partial charge in [0.1, 0.15) is 18.1 Å². The summed E-state index contributed by atoms with van der Waals surface area (Å²) < 4.78 is 49.6. The number of fused-ring (bicyclic) bond motifs is 4. The van der Waals surface area contributed by atoms with Gasteiger partial charge in [-0.2, -0.15) is 13.2 Å². The van der Waals surface area contributed by atoms with Crippen molar-refractivity contribution in [2.45, 2.75) is 25.4 Å². The van der Waals surface area contributed by atoms with Crippen molar-refractivity contribution in [1.82, 2.24) is 14.9 Å². The maximum atomic E-state index is 13.3. The topological polar surface area (TPSA) is 90.6 Å². The van der Waals surface area contributed by atoms with Gasteiger partial charge in [-0.05, 0) is 29.8 Å². The van der Waals surface area contributed by atoms with E-state index in [9.17, 15) is 18.0 Å². The second-order valence-corrected chi connectivity index (χ2v) is 8.03. The number of likely N-dealkylation sites (N-methyl/N-ethyl adjacent to an activating group) is 1. The predicted octanol–water partition coefficient (Wildman–Crippen LogP) is 4.12. The van der Waals surface area contributed by atoms with E-state index in [4.69, 9.17) is 26.8 Å². The molecule has 166 valence electrons. The summed E-state index contributed by atoms with van der Waals surface area (Å²) in [4.78, 5) is 22.6. The van der Waals surface area contributed by atoms with Crippen LogP contribution in [-0.2, 0) is 24.1 Å². The third-order valence-corrected chi connectivity index (χ3v) is 6.07. The van der Waals surface area contributed by atoms with Crippen molar-refractivity contribution in [1.29, 1.82) is 0 Å². The highest BCUT2D eigenvalue weighted by atomic mass is 35.5. The Labute approximate surface area is 184 Å². The number of hydrogen-bond donors (Lipinski definition) is 1. The van der Waals surface area contributed by atoms with Gasteiger partial charge in [0.15, 0.2) is 0 Å². The number of ether oxygens (including phenoxy) is 2. The molecule has 0 fully saturated rings. The zero-order chi connectivity index (χ0) is 22.8. The molecule has 0 unspecified atom stereocenters. The molecule has 0 saturated heterocycles. The van der Waals surface area contributed by atoms with E-state index in [1.807, 2.05) is 0 Å². The maximum absolute atomic E-state index is 13.3. The average molecular weight is 465 g/mol. The van der Waals surface area contributed by atoms with Crippen molar-refractivity contribution in [2.75, 3.05) is 19.4 Å². The number of hydrogen-bond acceptors (Lipinski definition) is 6. The number of carbonyl (C=O) groups is 1. The van der Waals surface area contributed by atoms with Crippen LogP contribution < -0.4 is 10.5 Å². The molecule has 5 rings (SSSR count). The van der Waals surface area contributed by atoms with Crippen LogP contribution in [0.25, 0.3) is 10.9 Å². The predicted molar refractivity (Wildman–Crippen MR) is 109 cm³/mol. The molecule has 1 atom stereocenters. The summed E-state index contributed by atoms with van der Waals surface area (Å²) in [5.74, 6) is -0.186. The standard InChI is InChI=1S/C21H16ClF3N4O3/c1-29(16-8-32-19-9(16)2-3-17(28-19)21(23,24)25)20(30)11-4-10-12-6-31-7-13(12)18(26)27-15(10)5-14(11)22/h2-5,16H,6-8H2,1H3,(H2,26,27)/t16-/m1/s1. The molecule has 2 aliphatic rings. The first-order chi connectivity index (χ1) is 15.1. The number of amides is 1. The van der Waals surface area contributed by atoms with E-state index >= 15 is 0 Å². The molecule has 0 aliphatic carbocycles. The summed E-state index contributed by atoms with van der Waals surface area (Å²) >= 11 is 6.40. The van der Waals surface area contributed by atoms with Crippen LogP contribution in [0.2, 0.25) is 5.02 Å². The van der Waals surface area contributed by atoms with Gasteiger partial charge in [-0.1, -0.05) is 11.6 Å². The zero-order valence-electron chi connectivity index (χ0n) is 16.7. The monoisotopic (exact) mass is 464 g/mol. The number of rotatable bonds is 2. The van der Waals surface area contributed by atoms with Gasteiger partial charge in [-0.25, -0.2) is 9.97 Å². The largest absolute Gasteiger partial charge is 0.475 e. The number of anilines is 1. The van der Waals surface area contributed by atoms with Gasteiger partial charge >= 0.3 is 6.18 Å². The van der Waals surface area contributed by atoms with E-state index in [-0.39, 0.29) is 23.1 Å². The molecule has 2 aromatic heterocycles. The van der Waals surface area contributed by atoms with Crippen molar-refractivity contribution in [3.8, 4) is 5.88 Å². The van der Waals surface area contributed by atoms with Crippen molar-refractivity contribution in [2.24, 2.45) is 0 Å². The fourth-order valence-electron chi connectivity index (χ4n) is 4.03. The molecular weight excluding hydrogens is 449 g/mol. The fraction of sp³-hybridized carbons (Fsp3) is 0.286. The molecule has 7 nitrogen and oxygen atoms in total. The molecule has 2 aliphatic heterocycles. The molecule has 1 aromatic carbocycles. The van der Waals surface area contributed by atoms with Crippen LogP contribution in [0, 0.1) is 0 Å². The molecule has 32 heavy (non-hydrogen) atoms. The van der Waals surface area contributed by atoms with E-state index in [0.717, 1.165) is 17.2 Å². The van der Waals surface area contributed by atoms with Crippen LogP contribution in [0.1, 0.15) is 38.8 Å². The zero-order valence-corrected chi connectivity index (χ0v) is 17.4. The van der Waals surface area contributed by atoms with Crippen LogP contribution in [0.5, 0.6) is 5.88 Å². The quantitative estimate of drug-likeness (QED) is 0.613. The Bertz CT molecular complexity index is 1280. The molecular formula is C21H16ClF3N4O3. The van der Waals surface area contributed by atoms with Crippen molar-refractivity contribution in [3.63, 3.8) is 0 Å². The Kier molecular flexibility index (Phi) is 4.68. The number of aromatic nitrogens is 2. The van der Waals surface area contributed by atoms with Gasteiger partial charge in [0.25, 0.3) is 5.91 Å². The molecule has 0 radical (unpaired) electrons. The maximum Gasteiger partial charge on any atom is 0.433 e. The molecule has 3 aromatic rings. The Balaban J connectivity index is 1.50. The van der Waals surface area contributed by atoms with Crippen LogP contribution in [0.3, 0.4) is 0 Å². The normalized spacial score (nSPS) is 17.2. The first kappa shape index (κ1) is 20.8. The Morgan fingerprint density at radius 1 is 1.22 bits per heavy atom. The van der Waals surface area contributed by atoms with E-state index in [1.165, 1.54) is 11.0 Å². The fourth-order valence-corrected chi connectivity index (χ4v) is 4.27. The lowest BCUT2D eigenvalue weighted by atomic mass is 10.0. The molecule has 2 N–H and O–H groups in total. The SMILES string of the molecule is CN(C(=O)c1cc2c3c(c(N)nc2cc1Cl)COC3)[C@@H]1COc2nc(C(F)(F)F)ccc21. The van der Waals surface area contributed by atoms with Crippen LogP contribution >= 0.6 is 11.6 Å². The van der Waals surface area contributed by atoms with Gasteiger partial charge < -0.3 is 20.1 Å². The number of nitrogens with zero attached hydrogens (tertiary/aromatic N) is 3. The summed E-state index contributed by atoms with van der Waals surface area (Å²) in [7, 11) is 1.54. The molecule has 4 heterocycles. The van der Waals surface area contributed by atoms with Gasteiger partial charge in [0.05, 0.1) is 35.4 Å². The molecule has 11 heteroatoms. The van der Waals surface area contributed by atoms with E-state index in [2.05, 4.69) is 9.97 Å². The van der Waals surface area contributed by atoms with Crippen molar-refractivity contribution in [3.05, 3.63) is 57.2 Å². The van der Waals surface area contributed by atoms with Gasteiger partial charge in [0, 0.05) is 23.6 Å². The first-order valence-corrected chi connectivity index (χ1v) is 9.99. The summed E-state index contributed by atoms with van der Waals surface area (Å²) in [6, 6.07) is 4.77. The molecule has 0 saturated carbocycles. The number of carbonyl (C=O) groups excluding carboxylic acids is 1. The Morgan fingerprint density at radius 3 is 2.72 bits per heavy atom. The van der Waals surface area contributed by atoms with Crippen molar-refractivity contribution < 1.29 is 27.4 Å². The smallest absolute Gasteiger partial charge is 0.433 e. The van der Waals surface area contributed by atoms with E-state index in [0.29, 0.717) is 35.5 Å². The number of nitrogens with two attached hydrogens (primary N) is 1. The minimum Gasteiger partial charge on any atom is -0.475 e. The van der Waals surface area contributed by atoms with Crippen LogP contribution in [0.4, 0.5) is 19.0 Å². The van der Waals surface area contributed by atoms with E-state index in [1.54, 1.807) is 19.2 Å². The lowest BCUT2D eigenvalue weighted by Crippen LogP contribution is -2.32. The van der Waals surface area contributed by atoms with Gasteiger partial charge in [0.2, 0.25) is 5.88 Å². The molecule has 0 bridgehead atoms. The second-order valence-electron chi connectivity index (χ2n) is 7.63. The number of nitrogen functional groups attached to an aromatic ring is 1. The summed E-state index contributed by atoms with van der Waals surface area (Å²) in [6.07, 6.45) is -4.59. The minimum atomic E-state index is -4.59. The highest BCUT2D eigenvalue weighted by molar-refractivity contribution is 6.34. The molecule has 0 spiro atoms. The number of halogens is 4. The number of alkyl halides is 3. The van der Waals surface area contributed by atoms with E-state index < -0.39 is 23.8 Å². The third-order valence-electron chi connectivity index (χ3n) is 5.75. The Hall–Kier alpha value is -3.11. The summed E-state index contributed by atoms with van der Waals surface area (Å²) in [5.41, 5.74) is 7.78. The Morgan fingerprint density at radius 2 is 1.97 bits per heavy atom. The highest BCUT2D eigenvalue weighted by Crippen LogP contribution is 2.39. The highest BCUT2D eigenvalue weighted by Gasteiger charge is 2.37.